The van der Waals surface area contributed by atoms with Crippen molar-refractivity contribution in [2.45, 2.75) is 6.42 Å². The van der Waals surface area contributed by atoms with Gasteiger partial charge in [-0.25, -0.2) is 4.98 Å². The lowest BCUT2D eigenvalue weighted by Crippen LogP contribution is -2.14. The molecule has 0 aliphatic rings. The lowest BCUT2D eigenvalue weighted by atomic mass is 10.3. The third-order valence-corrected chi connectivity index (χ3v) is 2.66. The zero-order chi connectivity index (χ0) is 11.4. The maximum absolute atomic E-state index is 11.6. The van der Waals surface area contributed by atoms with Gasteiger partial charge in [0, 0.05) is 4.47 Å². The molecule has 5 heteroatoms. The van der Waals surface area contributed by atoms with Gasteiger partial charge in [0.1, 0.15) is 6.26 Å². The number of benzene rings is 1. The molecule has 0 spiro atoms. The highest BCUT2D eigenvalue weighted by atomic mass is 79.9. The van der Waals surface area contributed by atoms with E-state index in [1.165, 1.54) is 12.7 Å². The van der Waals surface area contributed by atoms with Crippen LogP contribution in [-0.2, 0) is 11.2 Å². The molecule has 0 saturated carbocycles. The monoisotopic (exact) mass is 280 g/mol. The SMILES string of the molecule is O=C(Cc1cocn1)Nc1ccccc1Br. The van der Waals surface area contributed by atoms with Crippen LogP contribution < -0.4 is 5.32 Å². The Bertz CT molecular complexity index is 482. The fourth-order valence-electron chi connectivity index (χ4n) is 1.25. The fraction of sp³-hybridized carbons (Fsp3) is 0.0909. The van der Waals surface area contributed by atoms with Gasteiger partial charge in [0.15, 0.2) is 6.39 Å². The van der Waals surface area contributed by atoms with Crippen molar-refractivity contribution in [2.24, 2.45) is 0 Å². The van der Waals surface area contributed by atoms with Gasteiger partial charge in [0.2, 0.25) is 5.91 Å². The van der Waals surface area contributed by atoms with E-state index in [-0.39, 0.29) is 12.3 Å². The first-order chi connectivity index (χ1) is 7.75. The van der Waals surface area contributed by atoms with Gasteiger partial charge < -0.3 is 9.73 Å². The van der Waals surface area contributed by atoms with E-state index in [4.69, 9.17) is 4.42 Å². The summed E-state index contributed by atoms with van der Waals surface area (Å²) < 4.78 is 5.64. The van der Waals surface area contributed by atoms with Gasteiger partial charge in [-0.1, -0.05) is 12.1 Å². The number of hydrogen-bond acceptors (Lipinski definition) is 3. The van der Waals surface area contributed by atoms with Crippen molar-refractivity contribution in [3.8, 4) is 0 Å². The first-order valence-corrected chi connectivity index (χ1v) is 5.46. The van der Waals surface area contributed by atoms with Crippen LogP contribution in [0.2, 0.25) is 0 Å². The number of carbonyl (C=O) groups excluding carboxylic acids is 1. The van der Waals surface area contributed by atoms with Crippen molar-refractivity contribution < 1.29 is 9.21 Å². The van der Waals surface area contributed by atoms with Crippen molar-refractivity contribution in [1.29, 1.82) is 0 Å². The molecule has 1 aromatic heterocycles. The number of para-hydroxylation sites is 1. The van der Waals surface area contributed by atoms with Crippen molar-refractivity contribution in [2.75, 3.05) is 5.32 Å². The van der Waals surface area contributed by atoms with E-state index >= 15 is 0 Å². The van der Waals surface area contributed by atoms with Crippen LogP contribution in [0.25, 0.3) is 0 Å². The minimum atomic E-state index is -0.124. The Morgan fingerprint density at radius 1 is 1.44 bits per heavy atom. The van der Waals surface area contributed by atoms with E-state index in [0.717, 1.165) is 10.2 Å². The predicted octanol–water partition coefficient (Wildman–Crippen LogP) is 2.62. The molecular weight excluding hydrogens is 272 g/mol. The largest absolute Gasteiger partial charge is 0.451 e. The Balaban J connectivity index is 2.00. The number of hydrogen-bond donors (Lipinski definition) is 1. The average Bonchev–Trinajstić information content (AvgIpc) is 2.74. The number of oxazole rings is 1. The Morgan fingerprint density at radius 2 is 2.25 bits per heavy atom. The van der Waals surface area contributed by atoms with Crippen molar-refractivity contribution >= 4 is 27.5 Å². The predicted molar refractivity (Wildman–Crippen MR) is 63.0 cm³/mol. The molecule has 0 atom stereocenters. The molecule has 1 amide bonds. The summed E-state index contributed by atoms with van der Waals surface area (Å²) >= 11 is 3.35. The third-order valence-electron chi connectivity index (χ3n) is 1.97. The van der Waals surface area contributed by atoms with Gasteiger partial charge in [0.05, 0.1) is 17.8 Å². The van der Waals surface area contributed by atoms with Crippen LogP contribution >= 0.6 is 15.9 Å². The molecule has 0 saturated heterocycles. The second kappa shape index (κ2) is 4.94. The molecule has 0 radical (unpaired) electrons. The summed E-state index contributed by atoms with van der Waals surface area (Å²) in [5.41, 5.74) is 1.36. The normalized spacial score (nSPS) is 10.1. The first-order valence-electron chi connectivity index (χ1n) is 4.67. The fourth-order valence-corrected chi connectivity index (χ4v) is 1.63. The van der Waals surface area contributed by atoms with Crippen LogP contribution in [0.15, 0.2) is 45.8 Å². The van der Waals surface area contributed by atoms with Crippen LogP contribution in [-0.4, -0.2) is 10.9 Å². The van der Waals surface area contributed by atoms with Gasteiger partial charge in [-0.15, -0.1) is 0 Å². The zero-order valence-corrected chi connectivity index (χ0v) is 9.90. The van der Waals surface area contributed by atoms with E-state index in [9.17, 15) is 4.79 Å². The molecule has 1 heterocycles. The lowest BCUT2D eigenvalue weighted by molar-refractivity contribution is -0.115. The van der Waals surface area contributed by atoms with Crippen LogP contribution in [0.4, 0.5) is 5.69 Å². The molecule has 0 aliphatic carbocycles. The van der Waals surface area contributed by atoms with Crippen LogP contribution in [0.1, 0.15) is 5.69 Å². The van der Waals surface area contributed by atoms with E-state index in [0.29, 0.717) is 5.69 Å². The highest BCUT2D eigenvalue weighted by Crippen LogP contribution is 2.21. The van der Waals surface area contributed by atoms with E-state index in [1.807, 2.05) is 24.3 Å². The molecule has 82 valence electrons. The second-order valence-corrected chi connectivity index (χ2v) is 4.04. The van der Waals surface area contributed by atoms with E-state index in [1.54, 1.807) is 0 Å². The molecule has 1 N–H and O–H groups in total. The number of carbonyl (C=O) groups is 1. The molecule has 16 heavy (non-hydrogen) atoms. The van der Waals surface area contributed by atoms with Crippen LogP contribution in [0, 0.1) is 0 Å². The minimum absolute atomic E-state index is 0.124. The van der Waals surface area contributed by atoms with Crippen LogP contribution in [0.3, 0.4) is 0 Å². The smallest absolute Gasteiger partial charge is 0.230 e. The highest BCUT2D eigenvalue weighted by molar-refractivity contribution is 9.10. The van der Waals surface area contributed by atoms with Gasteiger partial charge in [0.25, 0.3) is 0 Å². The minimum Gasteiger partial charge on any atom is -0.451 e. The van der Waals surface area contributed by atoms with Gasteiger partial charge in [-0.2, -0.15) is 0 Å². The molecular formula is C11H9BrN2O2. The Morgan fingerprint density at radius 3 is 2.94 bits per heavy atom. The summed E-state index contributed by atoms with van der Waals surface area (Å²) in [6, 6.07) is 7.43. The van der Waals surface area contributed by atoms with Crippen molar-refractivity contribution in [1.82, 2.24) is 4.98 Å². The molecule has 0 unspecified atom stereocenters. The molecule has 0 aliphatic heterocycles. The van der Waals surface area contributed by atoms with Crippen molar-refractivity contribution in [3.05, 3.63) is 47.1 Å². The van der Waals surface area contributed by atoms with Crippen LogP contribution in [0.5, 0.6) is 0 Å². The topological polar surface area (TPSA) is 55.1 Å². The maximum Gasteiger partial charge on any atom is 0.230 e. The molecule has 4 nitrogen and oxygen atoms in total. The molecule has 1 aromatic carbocycles. The summed E-state index contributed by atoms with van der Waals surface area (Å²) in [6.07, 6.45) is 2.97. The second-order valence-electron chi connectivity index (χ2n) is 3.18. The molecule has 2 rings (SSSR count). The number of nitrogens with one attached hydrogen (secondary N) is 1. The Labute approximate surface area is 101 Å². The molecule has 0 bridgehead atoms. The first kappa shape index (κ1) is 10.9. The van der Waals surface area contributed by atoms with Gasteiger partial charge in [-0.05, 0) is 28.1 Å². The van der Waals surface area contributed by atoms with E-state index in [2.05, 4.69) is 26.2 Å². The summed E-state index contributed by atoms with van der Waals surface area (Å²) in [7, 11) is 0. The quantitative estimate of drug-likeness (QED) is 0.940. The highest BCUT2D eigenvalue weighted by Gasteiger charge is 2.07. The average molecular weight is 281 g/mol. The number of amides is 1. The summed E-state index contributed by atoms with van der Waals surface area (Å²) in [4.78, 5) is 15.5. The summed E-state index contributed by atoms with van der Waals surface area (Å²) in [5.74, 6) is -0.124. The Hall–Kier alpha value is -1.62. The Kier molecular flexibility index (Phi) is 3.36. The number of halogens is 1. The third kappa shape index (κ3) is 2.70. The maximum atomic E-state index is 11.6. The summed E-state index contributed by atoms with van der Waals surface area (Å²) in [5, 5.41) is 2.78. The summed E-state index contributed by atoms with van der Waals surface area (Å²) in [6.45, 7) is 0. The number of rotatable bonds is 3. The zero-order valence-electron chi connectivity index (χ0n) is 8.31. The van der Waals surface area contributed by atoms with E-state index < -0.39 is 0 Å². The van der Waals surface area contributed by atoms with Crippen molar-refractivity contribution in [3.63, 3.8) is 0 Å². The van der Waals surface area contributed by atoms with Gasteiger partial charge >= 0.3 is 0 Å². The van der Waals surface area contributed by atoms with Gasteiger partial charge in [-0.3, -0.25) is 4.79 Å². The molecule has 0 fully saturated rings. The number of aromatic nitrogens is 1. The lowest BCUT2D eigenvalue weighted by Gasteiger charge is -2.05. The molecule has 2 aromatic rings. The number of nitrogens with zero attached hydrogens (tertiary/aromatic N) is 1. The standard InChI is InChI=1S/C11H9BrN2O2/c12-9-3-1-2-4-10(9)14-11(15)5-8-6-16-7-13-8/h1-4,6-7H,5H2,(H,14,15). The number of anilines is 1.